The van der Waals surface area contributed by atoms with E-state index >= 15 is 0 Å². The average molecular weight is 391 g/mol. The van der Waals surface area contributed by atoms with Gasteiger partial charge in [0.05, 0.1) is 6.54 Å². The van der Waals surface area contributed by atoms with E-state index < -0.39 is 0 Å². The molecule has 2 aromatic carbocycles. The van der Waals surface area contributed by atoms with Crippen LogP contribution in [-0.2, 0) is 17.8 Å². The molecule has 0 bridgehead atoms. The minimum Gasteiger partial charge on any atom is -0.339 e. The fourth-order valence-electron chi connectivity index (χ4n) is 2.85. The van der Waals surface area contributed by atoms with Crippen LogP contribution in [0, 0.1) is 5.82 Å². The predicted octanol–water partition coefficient (Wildman–Crippen LogP) is 3.69. The Morgan fingerprint density at radius 1 is 1.14 bits per heavy atom. The molecule has 0 atom stereocenters. The number of aromatic nitrogens is 4. The highest BCUT2D eigenvalue weighted by Crippen LogP contribution is 2.17. The Morgan fingerprint density at radius 2 is 2.00 bits per heavy atom. The van der Waals surface area contributed by atoms with Crippen molar-refractivity contribution < 1.29 is 13.7 Å². The first-order valence-corrected chi connectivity index (χ1v) is 9.10. The maximum atomic E-state index is 13.0. The highest BCUT2D eigenvalue weighted by atomic mass is 19.1. The van der Waals surface area contributed by atoms with Crippen molar-refractivity contribution >= 4 is 11.6 Å². The van der Waals surface area contributed by atoms with Gasteiger partial charge in [0.15, 0.2) is 0 Å². The zero-order chi connectivity index (χ0) is 20.1. The quantitative estimate of drug-likeness (QED) is 0.519. The van der Waals surface area contributed by atoms with Gasteiger partial charge in [0.25, 0.3) is 0 Å². The SMILES string of the molecule is O=C(CCc1nc(-c2ccc(F)cc2)no1)Nc1cccc(Cn2cccn2)c1. The summed E-state index contributed by atoms with van der Waals surface area (Å²) in [5, 5.41) is 10.9. The molecule has 0 spiro atoms. The molecule has 0 aliphatic heterocycles. The second-order valence-electron chi connectivity index (χ2n) is 6.47. The number of hydrogen-bond donors (Lipinski definition) is 1. The summed E-state index contributed by atoms with van der Waals surface area (Å²) in [4.78, 5) is 16.5. The number of rotatable bonds is 7. The minimum absolute atomic E-state index is 0.150. The summed E-state index contributed by atoms with van der Waals surface area (Å²) in [6.07, 6.45) is 4.13. The number of nitrogens with one attached hydrogen (secondary N) is 1. The molecule has 1 N–H and O–H groups in total. The topological polar surface area (TPSA) is 85.8 Å². The van der Waals surface area contributed by atoms with Crippen LogP contribution in [0.25, 0.3) is 11.4 Å². The number of nitrogens with zero attached hydrogens (tertiary/aromatic N) is 4. The van der Waals surface area contributed by atoms with E-state index in [0.717, 1.165) is 11.3 Å². The Balaban J connectivity index is 1.32. The Hall–Kier alpha value is -3.81. The lowest BCUT2D eigenvalue weighted by atomic mass is 10.2. The molecule has 4 rings (SSSR count). The summed E-state index contributed by atoms with van der Waals surface area (Å²) in [5.74, 6) is 0.240. The molecular formula is C21H18FN5O2. The minimum atomic E-state index is -0.331. The van der Waals surface area contributed by atoms with Crippen LogP contribution in [0.4, 0.5) is 10.1 Å². The fourth-order valence-corrected chi connectivity index (χ4v) is 2.85. The summed E-state index contributed by atoms with van der Waals surface area (Å²) in [6.45, 7) is 0.630. The first kappa shape index (κ1) is 18.5. The number of benzene rings is 2. The van der Waals surface area contributed by atoms with E-state index in [1.807, 2.05) is 41.2 Å². The van der Waals surface area contributed by atoms with E-state index in [4.69, 9.17) is 4.52 Å². The van der Waals surface area contributed by atoms with Crippen molar-refractivity contribution in [3.63, 3.8) is 0 Å². The van der Waals surface area contributed by atoms with Gasteiger partial charge in [-0.1, -0.05) is 17.3 Å². The molecule has 29 heavy (non-hydrogen) atoms. The highest BCUT2D eigenvalue weighted by molar-refractivity contribution is 5.90. The second kappa shape index (κ2) is 8.47. The van der Waals surface area contributed by atoms with Crippen molar-refractivity contribution in [3.8, 4) is 11.4 Å². The molecule has 7 nitrogen and oxygen atoms in total. The van der Waals surface area contributed by atoms with Crippen LogP contribution in [0.15, 0.2) is 71.5 Å². The summed E-state index contributed by atoms with van der Waals surface area (Å²) >= 11 is 0. The first-order valence-electron chi connectivity index (χ1n) is 9.10. The summed E-state index contributed by atoms with van der Waals surface area (Å²) in [5.41, 5.74) is 2.41. The van der Waals surface area contributed by atoms with E-state index in [0.29, 0.717) is 30.2 Å². The lowest BCUT2D eigenvalue weighted by Gasteiger charge is -2.07. The summed E-state index contributed by atoms with van der Waals surface area (Å²) in [6, 6.07) is 15.3. The van der Waals surface area contributed by atoms with Gasteiger partial charge >= 0.3 is 0 Å². The van der Waals surface area contributed by atoms with Gasteiger partial charge in [-0.3, -0.25) is 9.48 Å². The summed E-state index contributed by atoms with van der Waals surface area (Å²) in [7, 11) is 0. The molecule has 0 fully saturated rings. The van der Waals surface area contributed by atoms with Crippen molar-refractivity contribution in [2.24, 2.45) is 0 Å². The van der Waals surface area contributed by atoms with Crippen LogP contribution in [0.2, 0.25) is 0 Å². The van der Waals surface area contributed by atoms with Gasteiger partial charge in [0.2, 0.25) is 17.6 Å². The van der Waals surface area contributed by atoms with E-state index in [1.54, 1.807) is 18.3 Å². The molecule has 0 unspecified atom stereocenters. The number of amides is 1. The lowest BCUT2D eigenvalue weighted by molar-refractivity contribution is -0.116. The fraction of sp³-hybridized carbons (Fsp3) is 0.143. The summed E-state index contributed by atoms with van der Waals surface area (Å²) < 4.78 is 20.0. The molecule has 146 valence electrons. The van der Waals surface area contributed by atoms with E-state index in [1.165, 1.54) is 12.1 Å². The van der Waals surface area contributed by atoms with E-state index in [2.05, 4.69) is 20.6 Å². The van der Waals surface area contributed by atoms with Crippen LogP contribution in [0.3, 0.4) is 0 Å². The molecular weight excluding hydrogens is 373 g/mol. The largest absolute Gasteiger partial charge is 0.339 e. The molecule has 0 saturated heterocycles. The number of carbonyl (C=O) groups excluding carboxylic acids is 1. The zero-order valence-electron chi connectivity index (χ0n) is 15.5. The van der Waals surface area contributed by atoms with Crippen molar-refractivity contribution in [2.45, 2.75) is 19.4 Å². The normalized spacial score (nSPS) is 10.8. The molecule has 2 aromatic heterocycles. The lowest BCUT2D eigenvalue weighted by Crippen LogP contribution is -2.12. The van der Waals surface area contributed by atoms with E-state index in [-0.39, 0.29) is 18.1 Å². The third-order valence-corrected chi connectivity index (χ3v) is 4.25. The Morgan fingerprint density at radius 3 is 2.79 bits per heavy atom. The number of aryl methyl sites for hydroxylation is 1. The van der Waals surface area contributed by atoms with Crippen LogP contribution in [0.5, 0.6) is 0 Å². The first-order chi connectivity index (χ1) is 14.2. The smallest absolute Gasteiger partial charge is 0.227 e. The third-order valence-electron chi connectivity index (χ3n) is 4.25. The van der Waals surface area contributed by atoms with Crippen LogP contribution < -0.4 is 5.32 Å². The molecule has 8 heteroatoms. The molecule has 0 radical (unpaired) electrons. The van der Waals surface area contributed by atoms with Gasteiger partial charge in [-0.05, 0) is 48.0 Å². The molecule has 2 heterocycles. The van der Waals surface area contributed by atoms with Crippen molar-refractivity contribution in [3.05, 3.63) is 84.3 Å². The Kier molecular flexibility index (Phi) is 5.42. The maximum Gasteiger partial charge on any atom is 0.227 e. The van der Waals surface area contributed by atoms with Gasteiger partial charge in [-0.15, -0.1) is 0 Å². The third kappa shape index (κ3) is 4.92. The van der Waals surface area contributed by atoms with Crippen molar-refractivity contribution in [1.29, 1.82) is 0 Å². The van der Waals surface area contributed by atoms with Gasteiger partial charge < -0.3 is 9.84 Å². The molecule has 0 saturated carbocycles. The zero-order valence-corrected chi connectivity index (χ0v) is 15.5. The van der Waals surface area contributed by atoms with Crippen molar-refractivity contribution in [2.75, 3.05) is 5.32 Å². The van der Waals surface area contributed by atoms with Gasteiger partial charge in [0.1, 0.15) is 5.82 Å². The van der Waals surface area contributed by atoms with Gasteiger partial charge in [-0.2, -0.15) is 10.1 Å². The highest BCUT2D eigenvalue weighted by Gasteiger charge is 2.11. The molecule has 1 amide bonds. The molecule has 0 aliphatic rings. The average Bonchev–Trinajstić information content (AvgIpc) is 3.39. The maximum absolute atomic E-state index is 13.0. The van der Waals surface area contributed by atoms with Crippen molar-refractivity contribution in [1.82, 2.24) is 19.9 Å². The molecule has 4 aromatic rings. The van der Waals surface area contributed by atoms with Crippen LogP contribution in [0.1, 0.15) is 17.9 Å². The van der Waals surface area contributed by atoms with E-state index in [9.17, 15) is 9.18 Å². The second-order valence-corrected chi connectivity index (χ2v) is 6.47. The van der Waals surface area contributed by atoms with Crippen LogP contribution >= 0.6 is 0 Å². The van der Waals surface area contributed by atoms with Gasteiger partial charge in [0, 0.05) is 36.5 Å². The predicted molar refractivity (Wildman–Crippen MR) is 104 cm³/mol. The van der Waals surface area contributed by atoms with Gasteiger partial charge in [-0.25, -0.2) is 4.39 Å². The van der Waals surface area contributed by atoms with Crippen LogP contribution in [-0.4, -0.2) is 25.8 Å². The number of carbonyl (C=O) groups is 1. The Labute approximate surface area is 166 Å². The number of halogens is 1. The standard InChI is InChI=1S/C21H18FN5O2/c22-17-7-5-16(6-8-17)21-25-20(29-26-21)10-9-19(28)24-18-4-1-3-15(13-18)14-27-12-2-11-23-27/h1-8,11-13H,9-10,14H2,(H,24,28). The molecule has 0 aliphatic carbocycles. The Bertz CT molecular complexity index is 1090. The number of hydrogen-bond acceptors (Lipinski definition) is 5. The monoisotopic (exact) mass is 391 g/mol. The number of anilines is 1.